The second-order valence-electron chi connectivity index (χ2n) is 3.43. The number of hydrogen-bond acceptors (Lipinski definition) is 3. The Morgan fingerprint density at radius 1 is 1.60 bits per heavy atom. The molecule has 1 saturated heterocycles. The van der Waals surface area contributed by atoms with Gasteiger partial charge in [-0.2, -0.15) is 11.8 Å². The van der Waals surface area contributed by atoms with Crippen molar-refractivity contribution in [1.29, 1.82) is 0 Å². The number of aromatic nitrogens is 1. The molecule has 0 aromatic carbocycles. The molecule has 1 amide bonds. The second-order valence-corrected chi connectivity index (χ2v) is 4.58. The molecule has 1 N–H and O–H groups in total. The highest BCUT2D eigenvalue weighted by Crippen LogP contribution is 2.17. The summed E-state index contributed by atoms with van der Waals surface area (Å²) >= 11 is 1.82. The fourth-order valence-corrected chi connectivity index (χ4v) is 2.61. The molecule has 2 heterocycles. The van der Waals surface area contributed by atoms with Gasteiger partial charge in [0.25, 0.3) is 5.91 Å². The number of carbonyl (C=O) groups excluding carboxylic acids is 1. The zero-order valence-electron chi connectivity index (χ0n) is 8.07. The lowest BCUT2D eigenvalue weighted by molar-refractivity contribution is 0.0940. The minimum atomic E-state index is -0.483. The molecule has 1 aromatic heterocycles. The summed E-state index contributed by atoms with van der Waals surface area (Å²) in [4.78, 5) is 15.3. The van der Waals surface area contributed by atoms with Crippen LogP contribution >= 0.6 is 11.8 Å². The van der Waals surface area contributed by atoms with E-state index in [1.165, 1.54) is 12.3 Å². The Kier molecular flexibility index (Phi) is 3.20. The molecule has 80 valence electrons. The largest absolute Gasteiger partial charge is 0.348 e. The van der Waals surface area contributed by atoms with Gasteiger partial charge in [-0.15, -0.1) is 0 Å². The van der Waals surface area contributed by atoms with Gasteiger partial charge in [0.2, 0.25) is 0 Å². The third-order valence-electron chi connectivity index (χ3n) is 2.23. The molecule has 0 saturated carbocycles. The van der Waals surface area contributed by atoms with Gasteiger partial charge in [0.05, 0.1) is 11.8 Å². The van der Waals surface area contributed by atoms with E-state index in [2.05, 4.69) is 10.3 Å². The van der Waals surface area contributed by atoms with Gasteiger partial charge in [-0.3, -0.25) is 9.78 Å². The van der Waals surface area contributed by atoms with Crippen LogP contribution in [0.3, 0.4) is 0 Å². The highest BCUT2D eigenvalue weighted by Gasteiger charge is 2.18. The minimum Gasteiger partial charge on any atom is -0.348 e. The van der Waals surface area contributed by atoms with Crippen molar-refractivity contribution in [1.82, 2.24) is 10.3 Å². The maximum Gasteiger partial charge on any atom is 0.253 e. The van der Waals surface area contributed by atoms with Gasteiger partial charge in [0, 0.05) is 18.0 Å². The third-order valence-corrected chi connectivity index (χ3v) is 3.39. The molecular weight excluding hydrogens is 215 g/mol. The molecule has 1 aromatic rings. The maximum atomic E-state index is 12.8. The average molecular weight is 226 g/mol. The van der Waals surface area contributed by atoms with E-state index in [0.717, 1.165) is 24.1 Å². The zero-order chi connectivity index (χ0) is 10.7. The number of rotatable bonds is 2. The van der Waals surface area contributed by atoms with Crippen LogP contribution in [0.4, 0.5) is 4.39 Å². The first kappa shape index (κ1) is 10.4. The Balaban J connectivity index is 2.01. The van der Waals surface area contributed by atoms with Gasteiger partial charge in [0.15, 0.2) is 0 Å². The van der Waals surface area contributed by atoms with Crippen molar-refractivity contribution in [3.05, 3.63) is 29.8 Å². The predicted molar refractivity (Wildman–Crippen MR) is 57.4 cm³/mol. The van der Waals surface area contributed by atoms with Crippen molar-refractivity contribution in [3.63, 3.8) is 0 Å². The molecular formula is C10H11FN2OS. The van der Waals surface area contributed by atoms with Crippen molar-refractivity contribution in [2.45, 2.75) is 12.5 Å². The number of carbonyl (C=O) groups is 1. The number of halogens is 1. The lowest BCUT2D eigenvalue weighted by atomic mass is 10.2. The maximum absolute atomic E-state index is 12.8. The lowest BCUT2D eigenvalue weighted by Gasteiger charge is -2.10. The molecule has 1 fully saturated rings. The average Bonchev–Trinajstić information content (AvgIpc) is 2.70. The Morgan fingerprint density at radius 2 is 2.47 bits per heavy atom. The van der Waals surface area contributed by atoms with Gasteiger partial charge >= 0.3 is 0 Å². The summed E-state index contributed by atoms with van der Waals surface area (Å²) in [5.41, 5.74) is 0.284. The number of pyridine rings is 1. The quantitative estimate of drug-likeness (QED) is 0.830. The summed E-state index contributed by atoms with van der Waals surface area (Å²) < 4.78 is 12.8. The van der Waals surface area contributed by atoms with E-state index >= 15 is 0 Å². The van der Waals surface area contributed by atoms with Crippen molar-refractivity contribution in [3.8, 4) is 0 Å². The molecule has 3 nitrogen and oxygen atoms in total. The molecule has 15 heavy (non-hydrogen) atoms. The molecule has 1 aliphatic heterocycles. The fourth-order valence-electron chi connectivity index (χ4n) is 1.45. The molecule has 0 bridgehead atoms. The van der Waals surface area contributed by atoms with Crippen LogP contribution in [0.15, 0.2) is 18.5 Å². The molecule has 5 heteroatoms. The smallest absolute Gasteiger partial charge is 0.253 e. The van der Waals surface area contributed by atoms with Gasteiger partial charge < -0.3 is 5.32 Å². The number of thioether (sulfide) groups is 1. The van der Waals surface area contributed by atoms with Crippen LogP contribution in [0, 0.1) is 5.82 Å². The minimum absolute atomic E-state index is 0.214. The van der Waals surface area contributed by atoms with E-state index in [4.69, 9.17) is 0 Å². The van der Waals surface area contributed by atoms with Crippen LogP contribution in [0.1, 0.15) is 16.8 Å². The summed E-state index contributed by atoms with van der Waals surface area (Å²) in [6, 6.07) is 1.41. The Morgan fingerprint density at radius 3 is 3.13 bits per heavy atom. The molecule has 0 radical (unpaired) electrons. The molecule has 0 aliphatic carbocycles. The highest BCUT2D eigenvalue weighted by atomic mass is 32.2. The first-order valence-electron chi connectivity index (χ1n) is 4.75. The first-order chi connectivity index (χ1) is 7.25. The normalized spacial score (nSPS) is 20.2. The van der Waals surface area contributed by atoms with Gasteiger partial charge in [-0.25, -0.2) is 4.39 Å². The van der Waals surface area contributed by atoms with Crippen molar-refractivity contribution in [2.75, 3.05) is 11.5 Å². The van der Waals surface area contributed by atoms with E-state index in [-0.39, 0.29) is 17.5 Å². The van der Waals surface area contributed by atoms with Crippen LogP contribution < -0.4 is 5.32 Å². The Labute approximate surface area is 91.5 Å². The van der Waals surface area contributed by atoms with Crippen molar-refractivity contribution < 1.29 is 9.18 Å². The number of nitrogens with one attached hydrogen (secondary N) is 1. The lowest BCUT2D eigenvalue weighted by Crippen LogP contribution is -2.34. The fraction of sp³-hybridized carbons (Fsp3) is 0.400. The van der Waals surface area contributed by atoms with Crippen molar-refractivity contribution in [2.24, 2.45) is 0 Å². The van der Waals surface area contributed by atoms with Gasteiger partial charge in [-0.05, 0) is 18.2 Å². The van der Waals surface area contributed by atoms with Gasteiger partial charge in [-0.1, -0.05) is 0 Å². The standard InChI is InChI=1S/C10H11FN2OS/c11-8-3-7(4-12-5-8)10(14)13-9-1-2-15-6-9/h3-5,9H,1-2,6H2,(H,13,14). The summed E-state index contributed by atoms with van der Waals surface area (Å²) in [6.07, 6.45) is 3.45. The molecule has 0 spiro atoms. The first-order valence-corrected chi connectivity index (χ1v) is 5.90. The second kappa shape index (κ2) is 4.61. The molecule has 1 unspecified atom stereocenters. The summed E-state index contributed by atoms with van der Waals surface area (Å²) in [7, 11) is 0. The molecule has 1 atom stereocenters. The summed E-state index contributed by atoms with van der Waals surface area (Å²) in [6.45, 7) is 0. The van der Waals surface area contributed by atoms with E-state index in [0.29, 0.717) is 0 Å². The van der Waals surface area contributed by atoms with Crippen LogP contribution in [-0.4, -0.2) is 28.4 Å². The number of amides is 1. The summed E-state index contributed by atoms with van der Waals surface area (Å²) in [5.74, 6) is 1.29. The van der Waals surface area contributed by atoms with E-state index in [1.807, 2.05) is 11.8 Å². The van der Waals surface area contributed by atoms with Gasteiger partial charge in [0.1, 0.15) is 5.82 Å². The predicted octanol–water partition coefficient (Wildman–Crippen LogP) is 1.46. The SMILES string of the molecule is O=C(NC1CCSC1)c1cncc(F)c1. The zero-order valence-corrected chi connectivity index (χ0v) is 8.89. The highest BCUT2D eigenvalue weighted by molar-refractivity contribution is 7.99. The Hall–Kier alpha value is -1.10. The van der Waals surface area contributed by atoms with Crippen LogP contribution in [-0.2, 0) is 0 Å². The monoisotopic (exact) mass is 226 g/mol. The molecule has 2 rings (SSSR count). The van der Waals surface area contributed by atoms with Crippen LogP contribution in [0.5, 0.6) is 0 Å². The van der Waals surface area contributed by atoms with E-state index < -0.39 is 5.82 Å². The van der Waals surface area contributed by atoms with Crippen LogP contribution in [0.2, 0.25) is 0 Å². The van der Waals surface area contributed by atoms with E-state index in [1.54, 1.807) is 0 Å². The number of nitrogens with zero attached hydrogens (tertiary/aromatic N) is 1. The summed E-state index contributed by atoms with van der Waals surface area (Å²) in [5, 5.41) is 2.86. The van der Waals surface area contributed by atoms with Crippen LogP contribution in [0.25, 0.3) is 0 Å². The van der Waals surface area contributed by atoms with E-state index in [9.17, 15) is 9.18 Å². The third kappa shape index (κ3) is 2.68. The van der Waals surface area contributed by atoms with Crippen molar-refractivity contribution >= 4 is 17.7 Å². The Bertz CT molecular complexity index is 366. The topological polar surface area (TPSA) is 42.0 Å². The number of hydrogen-bond donors (Lipinski definition) is 1. The molecule has 1 aliphatic rings.